The molecule has 2 aromatic rings. The maximum atomic E-state index is 11.9. The predicted octanol–water partition coefficient (Wildman–Crippen LogP) is 3.27. The SMILES string of the molecule is COc1cc2c(c3c1OC(C)(C)C3)C(c1cc[nH]c(=O)c1)=NC(C)(C)C2. The number of ether oxygens (including phenoxy) is 2. The zero-order chi connectivity index (χ0) is 18.7. The van der Waals surface area contributed by atoms with E-state index in [0.717, 1.165) is 46.7 Å². The lowest BCUT2D eigenvalue weighted by molar-refractivity contribution is 0.134. The highest BCUT2D eigenvalue weighted by Crippen LogP contribution is 2.47. The topological polar surface area (TPSA) is 63.7 Å². The van der Waals surface area contributed by atoms with Gasteiger partial charge in [0.15, 0.2) is 11.5 Å². The summed E-state index contributed by atoms with van der Waals surface area (Å²) in [6.07, 6.45) is 3.27. The Labute approximate surface area is 153 Å². The molecule has 1 N–H and O–H groups in total. The van der Waals surface area contributed by atoms with Crippen molar-refractivity contribution >= 4 is 5.71 Å². The summed E-state index contributed by atoms with van der Waals surface area (Å²) in [5.41, 5.74) is 4.43. The Balaban J connectivity index is 2.01. The second-order valence-corrected chi connectivity index (χ2v) is 8.35. The second kappa shape index (κ2) is 5.47. The van der Waals surface area contributed by atoms with E-state index in [4.69, 9.17) is 14.5 Å². The Hall–Kier alpha value is -2.56. The Morgan fingerprint density at radius 1 is 1.19 bits per heavy atom. The first-order valence-corrected chi connectivity index (χ1v) is 8.90. The van der Waals surface area contributed by atoms with Crippen LogP contribution in [0, 0.1) is 0 Å². The van der Waals surface area contributed by atoms with Gasteiger partial charge in [0.1, 0.15) is 5.60 Å². The van der Waals surface area contributed by atoms with E-state index in [1.165, 1.54) is 5.56 Å². The van der Waals surface area contributed by atoms with Crippen molar-refractivity contribution in [2.45, 2.75) is 51.7 Å². The number of hydrogen-bond donors (Lipinski definition) is 1. The Kier molecular flexibility index (Phi) is 3.55. The molecule has 0 fully saturated rings. The van der Waals surface area contributed by atoms with Gasteiger partial charge in [-0.25, -0.2) is 0 Å². The Morgan fingerprint density at radius 3 is 2.65 bits per heavy atom. The first-order chi connectivity index (χ1) is 12.2. The molecule has 0 saturated heterocycles. The summed E-state index contributed by atoms with van der Waals surface area (Å²) in [6, 6.07) is 5.59. The van der Waals surface area contributed by atoms with E-state index in [1.807, 2.05) is 6.07 Å². The number of nitrogens with one attached hydrogen (secondary N) is 1. The highest BCUT2D eigenvalue weighted by atomic mass is 16.5. The molecule has 0 spiro atoms. The molecule has 0 saturated carbocycles. The third kappa shape index (κ3) is 2.71. The fourth-order valence-corrected chi connectivity index (χ4v) is 4.02. The molecule has 0 bridgehead atoms. The van der Waals surface area contributed by atoms with Crippen LogP contribution in [0.1, 0.15) is 49.9 Å². The van der Waals surface area contributed by atoms with Crippen LogP contribution in [0.25, 0.3) is 0 Å². The number of aliphatic imine (C=N–C) groups is 1. The molecular formula is C21H24N2O3. The van der Waals surface area contributed by atoms with Gasteiger partial charge in [-0.15, -0.1) is 0 Å². The number of pyridine rings is 1. The van der Waals surface area contributed by atoms with Crippen molar-refractivity contribution in [3.05, 3.63) is 57.0 Å². The van der Waals surface area contributed by atoms with E-state index in [9.17, 15) is 4.79 Å². The molecule has 0 amide bonds. The van der Waals surface area contributed by atoms with Crippen LogP contribution in [-0.2, 0) is 12.8 Å². The van der Waals surface area contributed by atoms with Gasteiger partial charge in [-0.2, -0.15) is 0 Å². The molecule has 0 aliphatic carbocycles. The average Bonchev–Trinajstić information content (AvgIpc) is 2.87. The van der Waals surface area contributed by atoms with Crippen LogP contribution in [0.4, 0.5) is 0 Å². The van der Waals surface area contributed by atoms with Crippen molar-refractivity contribution in [2.24, 2.45) is 4.99 Å². The van der Waals surface area contributed by atoms with Gasteiger partial charge >= 0.3 is 0 Å². The molecule has 2 aliphatic heterocycles. The van der Waals surface area contributed by atoms with Gasteiger partial charge in [0.2, 0.25) is 5.56 Å². The van der Waals surface area contributed by atoms with Gasteiger partial charge < -0.3 is 14.5 Å². The maximum Gasteiger partial charge on any atom is 0.248 e. The molecule has 3 heterocycles. The number of aromatic amines is 1. The standard InChI is InChI=1S/C21H24N2O3/c1-20(2)10-13-8-15(25-5)19-14(11-21(3,4)26-19)17(13)18(23-20)12-6-7-22-16(24)9-12/h6-9H,10-11H2,1-5H3,(H,22,24). The van der Waals surface area contributed by atoms with E-state index in [0.29, 0.717) is 0 Å². The zero-order valence-electron chi connectivity index (χ0n) is 15.9. The lowest BCUT2D eigenvalue weighted by atomic mass is 9.81. The van der Waals surface area contributed by atoms with Crippen molar-refractivity contribution in [3.63, 3.8) is 0 Å². The quantitative estimate of drug-likeness (QED) is 0.902. The van der Waals surface area contributed by atoms with Gasteiger partial charge in [-0.3, -0.25) is 9.79 Å². The van der Waals surface area contributed by atoms with Crippen LogP contribution in [0.3, 0.4) is 0 Å². The fraction of sp³-hybridized carbons (Fsp3) is 0.429. The Morgan fingerprint density at radius 2 is 1.96 bits per heavy atom. The smallest absolute Gasteiger partial charge is 0.248 e. The number of H-pyrrole nitrogens is 1. The molecule has 0 atom stereocenters. The molecule has 0 unspecified atom stereocenters. The van der Waals surface area contributed by atoms with Gasteiger partial charge in [0, 0.05) is 35.4 Å². The van der Waals surface area contributed by atoms with E-state index in [2.05, 4.69) is 38.7 Å². The minimum absolute atomic E-state index is 0.128. The number of aromatic nitrogens is 1. The van der Waals surface area contributed by atoms with Crippen molar-refractivity contribution in [1.82, 2.24) is 4.98 Å². The summed E-state index contributed by atoms with van der Waals surface area (Å²) in [5.74, 6) is 1.57. The van der Waals surface area contributed by atoms with Crippen molar-refractivity contribution in [3.8, 4) is 11.5 Å². The van der Waals surface area contributed by atoms with Crippen LogP contribution in [0.5, 0.6) is 11.5 Å². The van der Waals surface area contributed by atoms with E-state index in [-0.39, 0.29) is 16.7 Å². The molecule has 1 aromatic heterocycles. The minimum atomic E-state index is -0.295. The minimum Gasteiger partial charge on any atom is -0.493 e. The summed E-state index contributed by atoms with van der Waals surface area (Å²) < 4.78 is 11.8. The summed E-state index contributed by atoms with van der Waals surface area (Å²) in [5, 5.41) is 0. The molecule has 136 valence electrons. The maximum absolute atomic E-state index is 11.9. The second-order valence-electron chi connectivity index (χ2n) is 8.35. The summed E-state index contributed by atoms with van der Waals surface area (Å²) in [6.45, 7) is 8.39. The van der Waals surface area contributed by atoms with E-state index >= 15 is 0 Å². The number of fused-ring (bicyclic) bond motifs is 3. The van der Waals surface area contributed by atoms with Crippen molar-refractivity contribution < 1.29 is 9.47 Å². The number of methoxy groups -OCH3 is 1. The van der Waals surface area contributed by atoms with Gasteiger partial charge in [-0.1, -0.05) is 0 Å². The highest BCUT2D eigenvalue weighted by Gasteiger charge is 2.39. The molecule has 26 heavy (non-hydrogen) atoms. The number of hydrogen-bond acceptors (Lipinski definition) is 4. The zero-order valence-corrected chi connectivity index (χ0v) is 15.9. The first-order valence-electron chi connectivity index (χ1n) is 8.90. The van der Waals surface area contributed by atoms with Crippen LogP contribution in [0.15, 0.2) is 34.2 Å². The third-order valence-corrected chi connectivity index (χ3v) is 4.95. The molecule has 2 aliphatic rings. The summed E-state index contributed by atoms with van der Waals surface area (Å²) in [4.78, 5) is 19.6. The lowest BCUT2D eigenvalue weighted by Gasteiger charge is -2.31. The van der Waals surface area contributed by atoms with Crippen LogP contribution in [0.2, 0.25) is 0 Å². The van der Waals surface area contributed by atoms with Crippen LogP contribution >= 0.6 is 0 Å². The van der Waals surface area contributed by atoms with Crippen molar-refractivity contribution in [1.29, 1.82) is 0 Å². The van der Waals surface area contributed by atoms with Gasteiger partial charge in [0.05, 0.1) is 18.4 Å². The predicted molar refractivity (Wildman–Crippen MR) is 102 cm³/mol. The Bertz CT molecular complexity index is 983. The van der Waals surface area contributed by atoms with E-state index in [1.54, 1.807) is 19.4 Å². The average molecular weight is 352 g/mol. The molecular weight excluding hydrogens is 328 g/mol. The normalized spacial score (nSPS) is 19.2. The molecule has 5 nitrogen and oxygen atoms in total. The molecule has 5 heteroatoms. The molecule has 0 radical (unpaired) electrons. The van der Waals surface area contributed by atoms with E-state index < -0.39 is 0 Å². The highest BCUT2D eigenvalue weighted by molar-refractivity contribution is 6.16. The summed E-state index contributed by atoms with van der Waals surface area (Å²) >= 11 is 0. The van der Waals surface area contributed by atoms with Gasteiger partial charge in [0.25, 0.3) is 0 Å². The van der Waals surface area contributed by atoms with Crippen molar-refractivity contribution in [2.75, 3.05) is 7.11 Å². The lowest BCUT2D eigenvalue weighted by Crippen LogP contribution is -2.31. The third-order valence-electron chi connectivity index (χ3n) is 4.95. The molecule has 1 aromatic carbocycles. The largest absolute Gasteiger partial charge is 0.493 e. The first kappa shape index (κ1) is 16.9. The van der Waals surface area contributed by atoms with Gasteiger partial charge in [-0.05, 0) is 51.8 Å². The number of benzene rings is 1. The van der Waals surface area contributed by atoms with Crippen LogP contribution in [-0.4, -0.2) is 28.9 Å². The molecule has 4 rings (SSSR count). The fourth-order valence-electron chi connectivity index (χ4n) is 4.02. The van der Waals surface area contributed by atoms with Crippen LogP contribution < -0.4 is 15.0 Å². The number of rotatable bonds is 2. The number of nitrogens with zero attached hydrogens (tertiary/aromatic N) is 1. The monoisotopic (exact) mass is 352 g/mol. The summed E-state index contributed by atoms with van der Waals surface area (Å²) in [7, 11) is 1.68.